The smallest absolute Gasteiger partial charge is 0.303 e. The largest absolute Gasteiger partial charge is 0.497 e. The maximum atomic E-state index is 12.9. The maximum absolute atomic E-state index is 12.9. The monoisotopic (exact) mass is 425 g/mol. The van der Waals surface area contributed by atoms with Crippen LogP contribution < -0.4 is 4.74 Å². The number of esters is 1. The number of carbonyl (C=O) groups excluding carboxylic acids is 2. The van der Waals surface area contributed by atoms with Crippen molar-refractivity contribution in [2.24, 2.45) is 0 Å². The quantitative estimate of drug-likeness (QED) is 0.523. The molecule has 2 aromatic carbocycles. The molecule has 7 nitrogen and oxygen atoms in total. The zero-order valence-electron chi connectivity index (χ0n) is 18.1. The van der Waals surface area contributed by atoms with E-state index in [0.29, 0.717) is 6.54 Å². The van der Waals surface area contributed by atoms with Crippen LogP contribution in [-0.4, -0.2) is 47.9 Å². The van der Waals surface area contributed by atoms with Gasteiger partial charge in [0.2, 0.25) is 6.10 Å². The fourth-order valence-electron chi connectivity index (χ4n) is 4.24. The number of ether oxygens (including phenoxy) is 4. The Bertz CT molecular complexity index is 942. The molecule has 4 rings (SSSR count). The van der Waals surface area contributed by atoms with Crippen molar-refractivity contribution in [3.8, 4) is 5.75 Å². The number of methoxy groups -OCH3 is 1. The van der Waals surface area contributed by atoms with E-state index in [0.717, 1.165) is 16.9 Å². The molecule has 1 amide bonds. The minimum Gasteiger partial charge on any atom is -0.497 e. The number of β-lactam (4-membered cyclic amide) rings is 1. The van der Waals surface area contributed by atoms with Gasteiger partial charge in [-0.1, -0.05) is 42.5 Å². The van der Waals surface area contributed by atoms with Gasteiger partial charge in [-0.2, -0.15) is 0 Å². The number of benzene rings is 2. The Morgan fingerprint density at radius 3 is 2.35 bits per heavy atom. The second-order valence-corrected chi connectivity index (χ2v) is 8.27. The molecule has 2 aliphatic heterocycles. The van der Waals surface area contributed by atoms with Crippen LogP contribution in [0.25, 0.3) is 0 Å². The van der Waals surface area contributed by atoms with Crippen LogP contribution in [0.15, 0.2) is 54.6 Å². The second-order valence-electron chi connectivity index (χ2n) is 8.27. The van der Waals surface area contributed by atoms with Gasteiger partial charge < -0.3 is 23.8 Å². The van der Waals surface area contributed by atoms with Gasteiger partial charge in [0.1, 0.15) is 24.0 Å². The molecule has 0 unspecified atom stereocenters. The van der Waals surface area contributed by atoms with Gasteiger partial charge >= 0.3 is 5.97 Å². The van der Waals surface area contributed by atoms with Crippen LogP contribution in [0.1, 0.15) is 38.0 Å². The fourth-order valence-corrected chi connectivity index (χ4v) is 4.24. The Morgan fingerprint density at radius 1 is 1.06 bits per heavy atom. The SMILES string of the molecule is COc1ccc([C@@H]2OC(C)(C)O[C@H]2[C@H]2[C@@H](OC(C)=O)C(=O)N2Cc2ccccc2)cc1. The number of hydrogen-bond donors (Lipinski definition) is 0. The van der Waals surface area contributed by atoms with Gasteiger partial charge in [-0.05, 0) is 37.1 Å². The van der Waals surface area contributed by atoms with Crippen molar-refractivity contribution in [2.75, 3.05) is 7.11 Å². The van der Waals surface area contributed by atoms with Crippen molar-refractivity contribution >= 4 is 11.9 Å². The molecule has 2 aromatic rings. The van der Waals surface area contributed by atoms with E-state index in [9.17, 15) is 9.59 Å². The molecule has 2 fully saturated rings. The Balaban J connectivity index is 1.66. The Morgan fingerprint density at radius 2 is 1.74 bits per heavy atom. The van der Waals surface area contributed by atoms with E-state index in [1.165, 1.54) is 6.92 Å². The van der Waals surface area contributed by atoms with Crippen LogP contribution in [0.5, 0.6) is 5.75 Å². The number of amides is 1. The highest BCUT2D eigenvalue weighted by Crippen LogP contribution is 2.45. The summed E-state index contributed by atoms with van der Waals surface area (Å²) in [7, 11) is 1.61. The highest BCUT2D eigenvalue weighted by Gasteiger charge is 2.59. The van der Waals surface area contributed by atoms with Gasteiger partial charge in [0.05, 0.1) is 7.11 Å². The lowest BCUT2D eigenvalue weighted by atomic mass is 9.86. The normalized spacial score (nSPS) is 27.0. The number of hydrogen-bond acceptors (Lipinski definition) is 6. The molecule has 4 atom stereocenters. The molecule has 7 heteroatoms. The third-order valence-electron chi connectivity index (χ3n) is 5.60. The summed E-state index contributed by atoms with van der Waals surface area (Å²) in [6.07, 6.45) is -1.84. The van der Waals surface area contributed by atoms with E-state index in [-0.39, 0.29) is 5.91 Å². The van der Waals surface area contributed by atoms with Crippen LogP contribution in [0, 0.1) is 0 Å². The molecule has 31 heavy (non-hydrogen) atoms. The van der Waals surface area contributed by atoms with Gasteiger partial charge in [0, 0.05) is 13.5 Å². The van der Waals surface area contributed by atoms with Crippen molar-refractivity contribution in [1.82, 2.24) is 4.90 Å². The zero-order valence-corrected chi connectivity index (χ0v) is 18.1. The number of rotatable bonds is 6. The second kappa shape index (κ2) is 8.32. The summed E-state index contributed by atoms with van der Waals surface area (Å²) in [5.41, 5.74) is 1.89. The molecule has 0 saturated carbocycles. The topological polar surface area (TPSA) is 74.3 Å². The van der Waals surface area contributed by atoms with Gasteiger partial charge in [-0.3, -0.25) is 9.59 Å². The summed E-state index contributed by atoms with van der Waals surface area (Å²) < 4.78 is 23.1. The van der Waals surface area contributed by atoms with Crippen molar-refractivity contribution in [3.63, 3.8) is 0 Å². The summed E-state index contributed by atoms with van der Waals surface area (Å²) in [6, 6.07) is 16.8. The van der Waals surface area contributed by atoms with E-state index < -0.39 is 36.1 Å². The van der Waals surface area contributed by atoms with E-state index in [1.807, 2.05) is 68.4 Å². The molecule has 2 heterocycles. The van der Waals surface area contributed by atoms with Crippen LogP contribution in [0.3, 0.4) is 0 Å². The molecule has 0 spiro atoms. The third kappa shape index (κ3) is 4.29. The third-order valence-corrected chi connectivity index (χ3v) is 5.60. The summed E-state index contributed by atoms with van der Waals surface area (Å²) >= 11 is 0. The van der Waals surface area contributed by atoms with E-state index in [2.05, 4.69) is 0 Å². The molecular formula is C24H27NO6. The van der Waals surface area contributed by atoms with Gasteiger partial charge in [-0.15, -0.1) is 0 Å². The molecule has 0 radical (unpaired) electrons. The number of carbonyl (C=O) groups is 2. The predicted octanol–water partition coefficient (Wildman–Crippen LogP) is 3.23. The standard InChI is InChI=1S/C24H27NO6/c1-15(26)29-22-19(25(23(22)27)14-16-8-6-5-7-9-16)21-20(30-24(2,3)31-21)17-10-12-18(28-4)13-11-17/h5-13,19-22H,14H2,1-4H3/t19-,20-,21-,22+/m0/s1. The molecule has 0 aliphatic carbocycles. The van der Waals surface area contributed by atoms with Crippen LogP contribution in [-0.2, 0) is 30.3 Å². The molecule has 164 valence electrons. The molecule has 0 N–H and O–H groups in total. The summed E-state index contributed by atoms with van der Waals surface area (Å²) in [4.78, 5) is 26.3. The lowest BCUT2D eigenvalue weighted by molar-refractivity contribution is -0.200. The molecule has 2 saturated heterocycles. The van der Waals surface area contributed by atoms with E-state index in [4.69, 9.17) is 18.9 Å². The van der Waals surface area contributed by atoms with Crippen molar-refractivity contribution in [1.29, 1.82) is 0 Å². The molecule has 2 aliphatic rings. The average molecular weight is 425 g/mol. The highest BCUT2D eigenvalue weighted by molar-refractivity contribution is 5.90. The minimum absolute atomic E-state index is 0.231. The fraction of sp³-hybridized carbons (Fsp3) is 0.417. The highest BCUT2D eigenvalue weighted by atomic mass is 16.8. The van der Waals surface area contributed by atoms with E-state index in [1.54, 1.807) is 12.0 Å². The summed E-state index contributed by atoms with van der Waals surface area (Å²) in [5, 5.41) is 0. The maximum Gasteiger partial charge on any atom is 0.303 e. The summed E-state index contributed by atoms with van der Waals surface area (Å²) in [6.45, 7) is 5.39. The predicted molar refractivity (Wildman–Crippen MR) is 112 cm³/mol. The Hall–Kier alpha value is -2.90. The van der Waals surface area contributed by atoms with Crippen molar-refractivity contribution in [2.45, 2.75) is 57.5 Å². The molecular weight excluding hydrogens is 398 g/mol. The first-order valence-corrected chi connectivity index (χ1v) is 10.3. The first-order chi connectivity index (χ1) is 14.8. The lowest BCUT2D eigenvalue weighted by Gasteiger charge is -2.49. The van der Waals surface area contributed by atoms with Crippen molar-refractivity contribution in [3.05, 3.63) is 65.7 Å². The minimum atomic E-state index is -0.899. The molecule has 0 bridgehead atoms. The van der Waals surface area contributed by atoms with E-state index >= 15 is 0 Å². The Labute approximate surface area is 181 Å². The van der Waals surface area contributed by atoms with Gasteiger partial charge in [0.25, 0.3) is 5.91 Å². The van der Waals surface area contributed by atoms with Crippen molar-refractivity contribution < 1.29 is 28.5 Å². The molecule has 0 aromatic heterocycles. The number of likely N-dealkylation sites (tertiary alicyclic amines) is 1. The first kappa shape index (κ1) is 21.3. The summed E-state index contributed by atoms with van der Waals surface area (Å²) in [5.74, 6) is -0.846. The lowest BCUT2D eigenvalue weighted by Crippen LogP contribution is -2.70. The Kier molecular flexibility index (Phi) is 5.73. The average Bonchev–Trinajstić information content (AvgIpc) is 3.07. The van der Waals surface area contributed by atoms with Crippen LogP contribution >= 0.6 is 0 Å². The van der Waals surface area contributed by atoms with Gasteiger partial charge in [0.15, 0.2) is 5.79 Å². The van der Waals surface area contributed by atoms with Gasteiger partial charge in [-0.25, -0.2) is 0 Å². The van der Waals surface area contributed by atoms with Crippen LogP contribution in [0.2, 0.25) is 0 Å². The van der Waals surface area contributed by atoms with Crippen LogP contribution in [0.4, 0.5) is 0 Å². The zero-order chi connectivity index (χ0) is 22.2. The first-order valence-electron chi connectivity index (χ1n) is 10.3. The number of nitrogens with zero attached hydrogens (tertiary/aromatic N) is 1.